The number of likely N-dealkylation sites (tertiary alicyclic amines) is 1. The Morgan fingerprint density at radius 3 is 2.39 bits per heavy atom. The smallest absolute Gasteiger partial charge is 0.229 e. The minimum atomic E-state index is -0.154. The van der Waals surface area contributed by atoms with E-state index in [4.69, 9.17) is 11.6 Å². The molecule has 2 amide bonds. The van der Waals surface area contributed by atoms with Crippen LogP contribution in [0, 0.1) is 6.92 Å². The van der Waals surface area contributed by atoms with Crippen LogP contribution in [0.15, 0.2) is 6.07 Å². The standard InChI is InChI=1S/C12H14ClN3O2/c1-8-6-9(13)15-10(14-8)7-16-11(17)4-2-3-5-12(16)18/h6H,2-5,7H2,1H3. The average Bonchev–Trinajstić information content (AvgIpc) is 2.43. The van der Waals surface area contributed by atoms with Gasteiger partial charge in [-0.1, -0.05) is 11.6 Å². The van der Waals surface area contributed by atoms with Crippen LogP contribution in [0.2, 0.25) is 5.15 Å². The van der Waals surface area contributed by atoms with E-state index in [1.165, 1.54) is 4.90 Å². The van der Waals surface area contributed by atoms with E-state index in [1.807, 2.05) is 0 Å². The molecule has 1 aromatic heterocycles. The van der Waals surface area contributed by atoms with Crippen LogP contribution in [0.4, 0.5) is 0 Å². The third-order valence-corrected chi connectivity index (χ3v) is 3.00. The number of carbonyl (C=O) groups is 2. The number of amides is 2. The highest BCUT2D eigenvalue weighted by Crippen LogP contribution is 2.15. The molecule has 0 N–H and O–H groups in total. The number of hydrogen-bond donors (Lipinski definition) is 0. The zero-order chi connectivity index (χ0) is 13.1. The first-order valence-electron chi connectivity index (χ1n) is 5.89. The molecule has 1 fully saturated rings. The molecule has 0 aliphatic carbocycles. The van der Waals surface area contributed by atoms with Crippen molar-refractivity contribution in [1.82, 2.24) is 14.9 Å². The second-order valence-electron chi connectivity index (χ2n) is 4.33. The first-order chi connectivity index (χ1) is 8.56. The van der Waals surface area contributed by atoms with E-state index in [0.717, 1.165) is 18.5 Å². The van der Waals surface area contributed by atoms with E-state index >= 15 is 0 Å². The number of aryl methyl sites for hydroxylation is 1. The van der Waals surface area contributed by atoms with Crippen molar-refractivity contribution in [2.45, 2.75) is 39.2 Å². The SMILES string of the molecule is Cc1cc(Cl)nc(CN2C(=O)CCCCC2=O)n1. The molecule has 0 radical (unpaired) electrons. The molecule has 96 valence electrons. The van der Waals surface area contributed by atoms with Crippen LogP contribution in [0.3, 0.4) is 0 Å². The Kier molecular flexibility index (Phi) is 3.91. The van der Waals surface area contributed by atoms with Crippen LogP contribution in [0.1, 0.15) is 37.2 Å². The van der Waals surface area contributed by atoms with Gasteiger partial charge in [-0.2, -0.15) is 0 Å². The number of nitrogens with zero attached hydrogens (tertiary/aromatic N) is 3. The quantitative estimate of drug-likeness (QED) is 0.606. The van der Waals surface area contributed by atoms with Gasteiger partial charge >= 0.3 is 0 Å². The first kappa shape index (κ1) is 13.0. The molecule has 0 saturated carbocycles. The maximum Gasteiger partial charge on any atom is 0.229 e. The second-order valence-corrected chi connectivity index (χ2v) is 4.72. The van der Waals surface area contributed by atoms with Gasteiger partial charge in [0, 0.05) is 18.5 Å². The van der Waals surface area contributed by atoms with Crippen molar-refractivity contribution in [2.24, 2.45) is 0 Å². The Bertz CT molecular complexity index is 452. The van der Waals surface area contributed by atoms with Crippen LogP contribution in [-0.2, 0) is 16.1 Å². The molecule has 1 aromatic rings. The molecule has 1 saturated heterocycles. The predicted octanol–water partition coefficient (Wildman–Crippen LogP) is 1.87. The van der Waals surface area contributed by atoms with Crippen molar-refractivity contribution in [3.8, 4) is 0 Å². The van der Waals surface area contributed by atoms with E-state index in [1.54, 1.807) is 13.0 Å². The van der Waals surface area contributed by atoms with Gasteiger partial charge in [-0.25, -0.2) is 9.97 Å². The number of hydrogen-bond acceptors (Lipinski definition) is 4. The lowest BCUT2D eigenvalue weighted by atomic mass is 10.2. The van der Waals surface area contributed by atoms with Crippen LogP contribution in [0.25, 0.3) is 0 Å². The maximum atomic E-state index is 11.8. The van der Waals surface area contributed by atoms with Crippen molar-refractivity contribution in [3.63, 3.8) is 0 Å². The molecule has 0 bridgehead atoms. The summed E-state index contributed by atoms with van der Waals surface area (Å²) in [4.78, 5) is 33.1. The molecular formula is C12H14ClN3O2. The zero-order valence-electron chi connectivity index (χ0n) is 10.1. The highest BCUT2D eigenvalue weighted by atomic mass is 35.5. The molecule has 0 unspecified atom stereocenters. The lowest BCUT2D eigenvalue weighted by Gasteiger charge is -2.17. The van der Waals surface area contributed by atoms with Gasteiger partial charge in [-0.05, 0) is 25.8 Å². The highest BCUT2D eigenvalue weighted by Gasteiger charge is 2.25. The molecule has 18 heavy (non-hydrogen) atoms. The molecule has 0 spiro atoms. The Hall–Kier alpha value is -1.49. The summed E-state index contributed by atoms with van der Waals surface area (Å²) >= 11 is 5.83. The van der Waals surface area contributed by atoms with E-state index in [9.17, 15) is 9.59 Å². The van der Waals surface area contributed by atoms with Crippen molar-refractivity contribution in [2.75, 3.05) is 0 Å². The normalized spacial score (nSPS) is 16.9. The summed E-state index contributed by atoms with van der Waals surface area (Å²) in [6, 6.07) is 1.64. The number of carbonyl (C=O) groups excluding carboxylic acids is 2. The van der Waals surface area contributed by atoms with Crippen molar-refractivity contribution in [3.05, 3.63) is 22.7 Å². The summed E-state index contributed by atoms with van der Waals surface area (Å²) in [5, 5.41) is 0.326. The Morgan fingerprint density at radius 2 is 1.83 bits per heavy atom. The van der Waals surface area contributed by atoms with Gasteiger partial charge in [0.15, 0.2) is 0 Å². The van der Waals surface area contributed by atoms with Gasteiger partial charge < -0.3 is 0 Å². The molecule has 5 nitrogen and oxygen atoms in total. The van der Waals surface area contributed by atoms with E-state index in [0.29, 0.717) is 23.8 Å². The van der Waals surface area contributed by atoms with Gasteiger partial charge in [0.2, 0.25) is 11.8 Å². The second kappa shape index (κ2) is 5.44. The van der Waals surface area contributed by atoms with Gasteiger partial charge in [0.25, 0.3) is 0 Å². The lowest BCUT2D eigenvalue weighted by Crippen LogP contribution is -2.35. The van der Waals surface area contributed by atoms with Crippen LogP contribution >= 0.6 is 11.6 Å². The summed E-state index contributed by atoms with van der Waals surface area (Å²) in [5.74, 6) is 0.0982. The zero-order valence-corrected chi connectivity index (χ0v) is 10.9. The number of rotatable bonds is 2. The Morgan fingerprint density at radius 1 is 1.22 bits per heavy atom. The van der Waals surface area contributed by atoms with Gasteiger partial charge in [0.05, 0.1) is 6.54 Å². The molecule has 1 aliphatic heterocycles. The summed E-state index contributed by atoms with van der Waals surface area (Å²) in [6.07, 6.45) is 2.34. The van der Waals surface area contributed by atoms with Crippen LogP contribution in [0.5, 0.6) is 0 Å². The van der Waals surface area contributed by atoms with Gasteiger partial charge in [-0.3, -0.25) is 14.5 Å². The van der Waals surface area contributed by atoms with Crippen molar-refractivity contribution < 1.29 is 9.59 Å². The first-order valence-corrected chi connectivity index (χ1v) is 6.27. The largest absolute Gasteiger partial charge is 0.275 e. The topological polar surface area (TPSA) is 63.2 Å². The molecule has 0 atom stereocenters. The Balaban J connectivity index is 2.20. The van der Waals surface area contributed by atoms with E-state index < -0.39 is 0 Å². The average molecular weight is 268 g/mol. The molecule has 2 heterocycles. The molecule has 1 aliphatic rings. The summed E-state index contributed by atoms with van der Waals surface area (Å²) in [5.41, 5.74) is 0.722. The van der Waals surface area contributed by atoms with E-state index in [-0.39, 0.29) is 18.4 Å². The molecule has 0 aromatic carbocycles. The number of imide groups is 1. The Labute approximate surface area is 110 Å². The van der Waals surface area contributed by atoms with Gasteiger partial charge in [0.1, 0.15) is 11.0 Å². The fourth-order valence-electron chi connectivity index (χ4n) is 1.94. The summed E-state index contributed by atoms with van der Waals surface area (Å²) < 4.78 is 0. The number of halogens is 1. The minimum Gasteiger partial charge on any atom is -0.275 e. The fourth-order valence-corrected chi connectivity index (χ4v) is 2.19. The molecular weight excluding hydrogens is 254 g/mol. The third kappa shape index (κ3) is 3.04. The molecule has 6 heteroatoms. The lowest BCUT2D eigenvalue weighted by molar-refractivity contribution is -0.144. The van der Waals surface area contributed by atoms with Crippen molar-refractivity contribution >= 4 is 23.4 Å². The monoisotopic (exact) mass is 267 g/mol. The van der Waals surface area contributed by atoms with Crippen molar-refractivity contribution in [1.29, 1.82) is 0 Å². The number of aromatic nitrogens is 2. The summed E-state index contributed by atoms with van der Waals surface area (Å²) in [6.45, 7) is 1.90. The summed E-state index contributed by atoms with van der Waals surface area (Å²) in [7, 11) is 0. The van der Waals surface area contributed by atoms with Crippen LogP contribution < -0.4 is 0 Å². The van der Waals surface area contributed by atoms with Gasteiger partial charge in [-0.15, -0.1) is 0 Å². The highest BCUT2D eigenvalue weighted by molar-refractivity contribution is 6.29. The fraction of sp³-hybridized carbons (Fsp3) is 0.500. The minimum absolute atomic E-state index is 0.110. The predicted molar refractivity (Wildman–Crippen MR) is 65.8 cm³/mol. The third-order valence-electron chi connectivity index (χ3n) is 2.80. The van der Waals surface area contributed by atoms with Crippen LogP contribution in [-0.4, -0.2) is 26.7 Å². The molecule has 2 rings (SSSR count). The maximum absolute atomic E-state index is 11.8. The van der Waals surface area contributed by atoms with E-state index in [2.05, 4.69) is 9.97 Å².